The molecule has 1 aromatic carbocycles. The van der Waals surface area contributed by atoms with E-state index < -0.39 is 18.5 Å². The molecule has 1 atom stereocenters. The number of hydrogen-bond acceptors (Lipinski definition) is 5. The molecule has 3 N–H and O–H groups in total. The lowest BCUT2D eigenvalue weighted by Gasteiger charge is -2.11. The van der Waals surface area contributed by atoms with E-state index in [1.54, 1.807) is 19.1 Å². The van der Waals surface area contributed by atoms with Gasteiger partial charge in [0.2, 0.25) is 0 Å². The maximum Gasteiger partial charge on any atom is 0.338 e. The van der Waals surface area contributed by atoms with Crippen molar-refractivity contribution in [1.82, 2.24) is 5.32 Å². The number of ether oxygens (including phenoxy) is 1. The van der Waals surface area contributed by atoms with Crippen LogP contribution in [0.1, 0.15) is 29.1 Å². The zero-order chi connectivity index (χ0) is 16.1. The summed E-state index contributed by atoms with van der Waals surface area (Å²) in [5.41, 5.74) is 6.11. The molecule has 0 aliphatic carbocycles. The van der Waals surface area contributed by atoms with Crippen LogP contribution in [0.3, 0.4) is 0 Å². The molecule has 7 heteroatoms. The van der Waals surface area contributed by atoms with Crippen LogP contribution in [0.4, 0.5) is 5.69 Å². The number of nitrogens with two attached hydrogens (primary N) is 1. The van der Waals surface area contributed by atoms with Crippen molar-refractivity contribution in [3.8, 4) is 0 Å². The lowest BCUT2D eigenvalue weighted by atomic mass is 10.2. The van der Waals surface area contributed by atoms with E-state index in [4.69, 9.17) is 26.5 Å². The van der Waals surface area contributed by atoms with Crippen LogP contribution in [0.2, 0.25) is 5.02 Å². The van der Waals surface area contributed by atoms with Crippen LogP contribution in [0.25, 0.3) is 0 Å². The van der Waals surface area contributed by atoms with Gasteiger partial charge in [-0.15, -0.1) is 0 Å². The van der Waals surface area contributed by atoms with Crippen molar-refractivity contribution in [3.63, 3.8) is 0 Å². The second kappa shape index (κ2) is 7.00. The van der Waals surface area contributed by atoms with Crippen LogP contribution < -0.4 is 11.1 Å². The summed E-state index contributed by atoms with van der Waals surface area (Å²) in [6.07, 6.45) is 1.52. The highest BCUT2D eigenvalue weighted by molar-refractivity contribution is 6.33. The summed E-state index contributed by atoms with van der Waals surface area (Å²) < 4.78 is 10.1. The third-order valence-corrected chi connectivity index (χ3v) is 3.26. The Bertz CT molecular complexity index is 670. The zero-order valence-electron chi connectivity index (χ0n) is 11.8. The van der Waals surface area contributed by atoms with Gasteiger partial charge < -0.3 is 20.2 Å². The fraction of sp³-hybridized carbons (Fsp3) is 0.200. The Morgan fingerprint density at radius 2 is 2.18 bits per heavy atom. The first-order valence-electron chi connectivity index (χ1n) is 6.52. The van der Waals surface area contributed by atoms with Crippen LogP contribution in [0, 0.1) is 0 Å². The van der Waals surface area contributed by atoms with Crippen LogP contribution in [0.5, 0.6) is 0 Å². The van der Waals surface area contributed by atoms with E-state index in [-0.39, 0.29) is 17.3 Å². The molecule has 1 aromatic heterocycles. The Hall–Kier alpha value is -2.47. The van der Waals surface area contributed by atoms with Gasteiger partial charge in [0.05, 0.1) is 28.6 Å². The average molecular weight is 323 g/mol. The third-order valence-electron chi connectivity index (χ3n) is 2.91. The number of furan rings is 1. The van der Waals surface area contributed by atoms with Crippen molar-refractivity contribution in [2.45, 2.75) is 13.0 Å². The van der Waals surface area contributed by atoms with E-state index in [1.807, 2.05) is 0 Å². The SMILES string of the molecule is C[C@@H](NC(=O)COC(=O)c1ccc(Cl)c(N)c1)c1ccco1. The average Bonchev–Trinajstić information content (AvgIpc) is 3.02. The van der Waals surface area contributed by atoms with Crippen LogP contribution >= 0.6 is 11.6 Å². The standard InChI is InChI=1S/C15H15ClN2O4/c1-9(13-3-2-6-21-13)18-14(19)8-22-15(20)10-4-5-11(16)12(17)7-10/h2-7,9H,8,17H2,1H3,(H,18,19)/t9-/m1/s1. The number of nitrogens with one attached hydrogen (secondary N) is 1. The number of rotatable bonds is 5. The Kier molecular flexibility index (Phi) is 5.06. The van der Waals surface area contributed by atoms with E-state index in [1.165, 1.54) is 24.5 Å². The van der Waals surface area contributed by atoms with Crippen LogP contribution in [-0.4, -0.2) is 18.5 Å². The van der Waals surface area contributed by atoms with E-state index in [2.05, 4.69) is 5.32 Å². The van der Waals surface area contributed by atoms with Crippen molar-refractivity contribution in [1.29, 1.82) is 0 Å². The number of anilines is 1. The lowest BCUT2D eigenvalue weighted by Crippen LogP contribution is -2.31. The Morgan fingerprint density at radius 3 is 2.82 bits per heavy atom. The highest BCUT2D eigenvalue weighted by Gasteiger charge is 2.15. The Morgan fingerprint density at radius 1 is 1.41 bits per heavy atom. The highest BCUT2D eigenvalue weighted by atomic mass is 35.5. The largest absolute Gasteiger partial charge is 0.467 e. The second-order valence-electron chi connectivity index (χ2n) is 4.62. The summed E-state index contributed by atoms with van der Waals surface area (Å²) in [4.78, 5) is 23.5. The quantitative estimate of drug-likeness (QED) is 0.651. The summed E-state index contributed by atoms with van der Waals surface area (Å²) in [5, 5.41) is 3.00. The number of halogens is 1. The summed E-state index contributed by atoms with van der Waals surface area (Å²) in [5.74, 6) is -0.464. The first-order valence-corrected chi connectivity index (χ1v) is 6.90. The molecule has 0 fully saturated rings. The smallest absolute Gasteiger partial charge is 0.338 e. The molecule has 116 valence electrons. The highest BCUT2D eigenvalue weighted by Crippen LogP contribution is 2.19. The first-order chi connectivity index (χ1) is 10.5. The van der Waals surface area contributed by atoms with Gasteiger partial charge in [0.25, 0.3) is 5.91 Å². The van der Waals surface area contributed by atoms with Gasteiger partial charge in [0, 0.05) is 0 Å². The fourth-order valence-corrected chi connectivity index (χ4v) is 1.89. The molecule has 0 radical (unpaired) electrons. The number of nitrogen functional groups attached to an aromatic ring is 1. The van der Waals surface area contributed by atoms with E-state index in [0.717, 1.165) is 0 Å². The number of carbonyl (C=O) groups is 2. The van der Waals surface area contributed by atoms with Crippen LogP contribution in [-0.2, 0) is 9.53 Å². The molecule has 1 heterocycles. The molecule has 2 rings (SSSR count). The fourth-order valence-electron chi connectivity index (χ4n) is 1.78. The van der Waals surface area contributed by atoms with Gasteiger partial charge in [-0.1, -0.05) is 11.6 Å². The number of carbonyl (C=O) groups excluding carboxylic acids is 2. The van der Waals surface area contributed by atoms with Crippen molar-refractivity contribution in [2.75, 3.05) is 12.3 Å². The molecule has 0 unspecified atom stereocenters. The minimum absolute atomic E-state index is 0.230. The maximum atomic E-state index is 11.8. The van der Waals surface area contributed by atoms with Gasteiger partial charge in [-0.3, -0.25) is 4.79 Å². The molecule has 0 aliphatic heterocycles. The summed E-state index contributed by atoms with van der Waals surface area (Å²) >= 11 is 5.77. The first kappa shape index (κ1) is 15.9. The Labute approximate surface area is 132 Å². The number of hydrogen-bond donors (Lipinski definition) is 2. The Balaban J connectivity index is 1.85. The maximum absolute atomic E-state index is 11.8. The van der Waals surface area contributed by atoms with Gasteiger partial charge in [-0.2, -0.15) is 0 Å². The second-order valence-corrected chi connectivity index (χ2v) is 5.02. The number of benzene rings is 1. The van der Waals surface area contributed by atoms with E-state index in [0.29, 0.717) is 10.8 Å². The molecule has 0 bridgehead atoms. The zero-order valence-corrected chi connectivity index (χ0v) is 12.6. The molecule has 0 saturated carbocycles. The van der Waals surface area contributed by atoms with E-state index in [9.17, 15) is 9.59 Å². The molecule has 0 spiro atoms. The van der Waals surface area contributed by atoms with Gasteiger partial charge in [-0.25, -0.2) is 4.79 Å². The van der Waals surface area contributed by atoms with Gasteiger partial charge >= 0.3 is 5.97 Å². The summed E-state index contributed by atoms with van der Waals surface area (Å²) in [6, 6.07) is 7.52. The predicted octanol–water partition coefficient (Wildman–Crippen LogP) is 2.55. The molecule has 22 heavy (non-hydrogen) atoms. The molecule has 2 aromatic rings. The van der Waals surface area contributed by atoms with Crippen LogP contribution in [0.15, 0.2) is 41.0 Å². The monoisotopic (exact) mass is 322 g/mol. The molecule has 1 amide bonds. The summed E-state index contributed by atoms with van der Waals surface area (Å²) in [6.45, 7) is 1.37. The minimum atomic E-state index is -0.649. The van der Waals surface area contributed by atoms with Gasteiger partial charge in [-0.05, 0) is 37.3 Å². The molecule has 6 nitrogen and oxygen atoms in total. The number of esters is 1. The summed E-state index contributed by atoms with van der Waals surface area (Å²) in [7, 11) is 0. The molecule has 0 aliphatic rings. The molecule has 0 saturated heterocycles. The number of amides is 1. The predicted molar refractivity (Wildman–Crippen MR) is 81.4 cm³/mol. The minimum Gasteiger partial charge on any atom is -0.467 e. The van der Waals surface area contributed by atoms with Crippen molar-refractivity contribution >= 4 is 29.2 Å². The third kappa shape index (κ3) is 4.02. The molecular formula is C15H15ClN2O4. The lowest BCUT2D eigenvalue weighted by molar-refractivity contribution is -0.125. The van der Waals surface area contributed by atoms with Crippen molar-refractivity contribution in [2.24, 2.45) is 0 Å². The van der Waals surface area contributed by atoms with Crippen molar-refractivity contribution in [3.05, 3.63) is 52.9 Å². The van der Waals surface area contributed by atoms with Crippen molar-refractivity contribution < 1.29 is 18.7 Å². The van der Waals surface area contributed by atoms with Gasteiger partial charge in [0.15, 0.2) is 6.61 Å². The normalized spacial score (nSPS) is 11.7. The topological polar surface area (TPSA) is 94.6 Å². The van der Waals surface area contributed by atoms with E-state index >= 15 is 0 Å². The van der Waals surface area contributed by atoms with Gasteiger partial charge in [0.1, 0.15) is 5.76 Å². The molecular weight excluding hydrogens is 308 g/mol.